The highest BCUT2D eigenvalue weighted by Crippen LogP contribution is 2.35. The molecule has 0 radical (unpaired) electrons. The van der Waals surface area contributed by atoms with Gasteiger partial charge in [-0.3, -0.25) is 0 Å². The van der Waals surface area contributed by atoms with Gasteiger partial charge in [-0.05, 0) is 17.5 Å². The van der Waals surface area contributed by atoms with Crippen LogP contribution in [0.25, 0.3) is 0 Å². The summed E-state index contributed by atoms with van der Waals surface area (Å²) in [6, 6.07) is 3.95. The highest BCUT2D eigenvalue weighted by Gasteiger charge is 2.34. The fourth-order valence-corrected chi connectivity index (χ4v) is 1.83. The highest BCUT2D eigenvalue weighted by atomic mass is 15.2. The summed E-state index contributed by atoms with van der Waals surface area (Å²) in [6.07, 6.45) is 1.73. The molecule has 2 rings (SSSR count). The Morgan fingerprint density at radius 3 is 2.69 bits per heavy atom. The van der Waals surface area contributed by atoms with Crippen LogP contribution < -0.4 is 10.6 Å². The third-order valence-corrected chi connectivity index (χ3v) is 2.39. The summed E-state index contributed by atoms with van der Waals surface area (Å²) in [5, 5.41) is 0. The van der Waals surface area contributed by atoms with Crippen molar-refractivity contribution in [3.05, 3.63) is 18.3 Å². The minimum Gasteiger partial charge on any atom is -0.382 e. The van der Waals surface area contributed by atoms with E-state index in [9.17, 15) is 0 Å². The summed E-state index contributed by atoms with van der Waals surface area (Å²) < 4.78 is 0. The minimum absolute atomic E-state index is 0.433. The molecule has 70 valence electrons. The fraction of sp³-hybridized carbons (Fsp3) is 0.500. The average Bonchev–Trinajstić information content (AvgIpc) is 2.01. The van der Waals surface area contributed by atoms with Crippen molar-refractivity contribution in [3.8, 4) is 0 Å². The summed E-state index contributed by atoms with van der Waals surface area (Å²) in [6.45, 7) is 6.66. The van der Waals surface area contributed by atoms with E-state index in [2.05, 4.69) is 23.7 Å². The second kappa shape index (κ2) is 2.62. The maximum absolute atomic E-state index is 5.77. The van der Waals surface area contributed by atoms with Gasteiger partial charge in [0.1, 0.15) is 5.82 Å². The number of hydrogen-bond acceptors (Lipinski definition) is 3. The van der Waals surface area contributed by atoms with E-state index in [0.29, 0.717) is 11.2 Å². The lowest BCUT2D eigenvalue weighted by Crippen LogP contribution is -2.53. The van der Waals surface area contributed by atoms with Crippen molar-refractivity contribution in [2.75, 3.05) is 23.7 Å². The Hall–Kier alpha value is -1.25. The molecule has 1 fully saturated rings. The zero-order valence-electron chi connectivity index (χ0n) is 8.12. The van der Waals surface area contributed by atoms with Gasteiger partial charge in [-0.15, -0.1) is 0 Å². The van der Waals surface area contributed by atoms with Crippen LogP contribution in [-0.2, 0) is 0 Å². The highest BCUT2D eigenvalue weighted by molar-refractivity contribution is 5.64. The Labute approximate surface area is 78.6 Å². The minimum atomic E-state index is 0.433. The van der Waals surface area contributed by atoms with Gasteiger partial charge in [0.15, 0.2) is 0 Å². The van der Waals surface area contributed by atoms with Crippen LogP contribution in [0.5, 0.6) is 0 Å². The molecule has 1 aliphatic rings. The third kappa shape index (κ3) is 1.46. The topological polar surface area (TPSA) is 42.2 Å². The average molecular weight is 177 g/mol. The van der Waals surface area contributed by atoms with E-state index in [-0.39, 0.29) is 0 Å². The molecule has 2 heterocycles. The van der Waals surface area contributed by atoms with Crippen molar-refractivity contribution in [2.24, 2.45) is 5.41 Å². The molecule has 0 bridgehead atoms. The number of hydrogen-bond donors (Lipinski definition) is 1. The predicted molar refractivity (Wildman–Crippen MR) is 54.6 cm³/mol. The maximum atomic E-state index is 5.77. The van der Waals surface area contributed by atoms with Gasteiger partial charge < -0.3 is 10.6 Å². The monoisotopic (exact) mass is 177 g/mol. The second-order valence-corrected chi connectivity index (χ2v) is 4.43. The Kier molecular flexibility index (Phi) is 1.68. The zero-order valence-corrected chi connectivity index (χ0v) is 8.12. The molecule has 2 N–H and O–H groups in total. The van der Waals surface area contributed by atoms with Crippen LogP contribution >= 0.6 is 0 Å². The van der Waals surface area contributed by atoms with Crippen LogP contribution in [0.2, 0.25) is 0 Å². The molecular formula is C10H15N3. The van der Waals surface area contributed by atoms with Gasteiger partial charge in [-0.1, -0.05) is 13.8 Å². The van der Waals surface area contributed by atoms with Crippen LogP contribution in [0.3, 0.4) is 0 Å². The van der Waals surface area contributed by atoms with Gasteiger partial charge in [0.2, 0.25) is 0 Å². The zero-order chi connectivity index (χ0) is 9.47. The van der Waals surface area contributed by atoms with Gasteiger partial charge >= 0.3 is 0 Å². The van der Waals surface area contributed by atoms with E-state index < -0.39 is 0 Å². The Bertz CT molecular complexity index is 312. The molecule has 0 spiro atoms. The van der Waals surface area contributed by atoms with E-state index in [1.165, 1.54) is 0 Å². The molecule has 13 heavy (non-hydrogen) atoms. The van der Waals surface area contributed by atoms with Crippen LogP contribution in [0.1, 0.15) is 13.8 Å². The normalized spacial score (nSPS) is 19.7. The van der Waals surface area contributed by atoms with E-state index in [0.717, 1.165) is 18.8 Å². The first-order chi connectivity index (χ1) is 6.08. The lowest BCUT2D eigenvalue weighted by atomic mass is 9.84. The molecule has 3 nitrogen and oxygen atoms in total. The SMILES string of the molecule is CC1(C)CN(c2cccnc2N)C1. The van der Waals surface area contributed by atoms with Crippen LogP contribution in [0.15, 0.2) is 18.3 Å². The summed E-state index contributed by atoms with van der Waals surface area (Å²) in [7, 11) is 0. The van der Waals surface area contributed by atoms with E-state index >= 15 is 0 Å². The number of pyridine rings is 1. The molecular weight excluding hydrogens is 162 g/mol. The van der Waals surface area contributed by atoms with Gasteiger partial charge in [-0.2, -0.15) is 0 Å². The second-order valence-electron chi connectivity index (χ2n) is 4.43. The number of nitrogens with zero attached hydrogens (tertiary/aromatic N) is 2. The quantitative estimate of drug-likeness (QED) is 0.707. The molecule has 0 amide bonds. The number of anilines is 2. The largest absolute Gasteiger partial charge is 0.382 e. The number of aromatic nitrogens is 1. The van der Waals surface area contributed by atoms with Crippen LogP contribution in [-0.4, -0.2) is 18.1 Å². The van der Waals surface area contributed by atoms with Crippen molar-refractivity contribution in [1.29, 1.82) is 0 Å². The Morgan fingerprint density at radius 1 is 1.46 bits per heavy atom. The molecule has 0 atom stereocenters. The number of nitrogens with two attached hydrogens (primary N) is 1. The van der Waals surface area contributed by atoms with Gasteiger partial charge in [0.05, 0.1) is 5.69 Å². The lowest BCUT2D eigenvalue weighted by molar-refractivity contribution is 0.276. The summed E-state index contributed by atoms with van der Waals surface area (Å²) >= 11 is 0. The fourth-order valence-electron chi connectivity index (χ4n) is 1.83. The summed E-state index contributed by atoms with van der Waals surface area (Å²) in [5.41, 5.74) is 7.27. The Morgan fingerprint density at radius 2 is 2.15 bits per heavy atom. The van der Waals surface area contributed by atoms with Crippen LogP contribution in [0, 0.1) is 5.41 Å². The maximum Gasteiger partial charge on any atom is 0.146 e. The van der Waals surface area contributed by atoms with Crippen LogP contribution in [0.4, 0.5) is 11.5 Å². The molecule has 1 aromatic rings. The Balaban J connectivity index is 2.16. The van der Waals surface area contributed by atoms with Crippen molar-refractivity contribution in [3.63, 3.8) is 0 Å². The molecule has 3 heteroatoms. The van der Waals surface area contributed by atoms with E-state index in [1.807, 2.05) is 12.1 Å². The molecule has 1 saturated heterocycles. The van der Waals surface area contributed by atoms with E-state index in [1.54, 1.807) is 6.20 Å². The predicted octanol–water partition coefficient (Wildman–Crippen LogP) is 1.51. The lowest BCUT2D eigenvalue weighted by Gasteiger charge is -2.47. The molecule has 0 aliphatic carbocycles. The van der Waals surface area contributed by atoms with Crippen molar-refractivity contribution >= 4 is 11.5 Å². The third-order valence-electron chi connectivity index (χ3n) is 2.39. The number of nitrogen functional groups attached to an aromatic ring is 1. The number of rotatable bonds is 1. The molecule has 1 aromatic heterocycles. The van der Waals surface area contributed by atoms with Gasteiger partial charge in [0, 0.05) is 19.3 Å². The standard InChI is InChI=1S/C10H15N3/c1-10(2)6-13(7-10)8-4-3-5-12-9(8)11/h3-5H,6-7H2,1-2H3,(H2,11,12). The molecule has 0 saturated carbocycles. The van der Waals surface area contributed by atoms with E-state index in [4.69, 9.17) is 5.73 Å². The van der Waals surface area contributed by atoms with Gasteiger partial charge in [-0.25, -0.2) is 4.98 Å². The molecule has 0 aromatic carbocycles. The first kappa shape index (κ1) is 8.35. The van der Waals surface area contributed by atoms with Crippen molar-refractivity contribution in [1.82, 2.24) is 4.98 Å². The van der Waals surface area contributed by atoms with Crippen molar-refractivity contribution in [2.45, 2.75) is 13.8 Å². The smallest absolute Gasteiger partial charge is 0.146 e. The molecule has 1 aliphatic heterocycles. The summed E-state index contributed by atoms with van der Waals surface area (Å²) in [4.78, 5) is 6.33. The first-order valence-corrected chi connectivity index (χ1v) is 4.54. The van der Waals surface area contributed by atoms with Gasteiger partial charge in [0.25, 0.3) is 0 Å². The molecule has 0 unspecified atom stereocenters. The first-order valence-electron chi connectivity index (χ1n) is 4.54. The summed E-state index contributed by atoms with van der Waals surface area (Å²) in [5.74, 6) is 0.637. The van der Waals surface area contributed by atoms with Crippen molar-refractivity contribution < 1.29 is 0 Å².